The van der Waals surface area contributed by atoms with Crippen LogP contribution in [-0.2, 0) is 13.0 Å². The van der Waals surface area contributed by atoms with Crippen molar-refractivity contribution in [1.82, 2.24) is 15.2 Å². The molecule has 2 amide bonds. The van der Waals surface area contributed by atoms with Gasteiger partial charge in [-0.2, -0.15) is 0 Å². The number of aliphatic imine (C=N–C) groups is 1. The summed E-state index contributed by atoms with van der Waals surface area (Å²) in [6.45, 7) is 1.30. The summed E-state index contributed by atoms with van der Waals surface area (Å²) in [4.78, 5) is 29.4. The van der Waals surface area contributed by atoms with E-state index in [0.717, 1.165) is 35.9 Å². The van der Waals surface area contributed by atoms with E-state index in [0.29, 0.717) is 24.3 Å². The van der Waals surface area contributed by atoms with E-state index in [-0.39, 0.29) is 17.9 Å². The van der Waals surface area contributed by atoms with Crippen LogP contribution >= 0.6 is 0 Å². The van der Waals surface area contributed by atoms with Gasteiger partial charge >= 0.3 is 0 Å². The molecule has 1 atom stereocenters. The van der Waals surface area contributed by atoms with Crippen LogP contribution in [0, 0.1) is 0 Å². The average molecular weight is 412 g/mol. The van der Waals surface area contributed by atoms with Gasteiger partial charge in [0.15, 0.2) is 0 Å². The summed E-state index contributed by atoms with van der Waals surface area (Å²) in [5.74, 6) is -0.237. The molecule has 0 aliphatic carbocycles. The molecule has 2 aliphatic rings. The van der Waals surface area contributed by atoms with Gasteiger partial charge in [-0.05, 0) is 49.1 Å². The molecular weight excluding hydrogens is 388 g/mol. The lowest BCUT2D eigenvalue weighted by molar-refractivity contribution is 0.0928. The van der Waals surface area contributed by atoms with E-state index in [1.54, 1.807) is 12.3 Å². The van der Waals surface area contributed by atoms with Crippen molar-refractivity contribution in [3.05, 3.63) is 83.2 Å². The molecule has 3 aromatic rings. The van der Waals surface area contributed by atoms with Crippen molar-refractivity contribution in [2.24, 2.45) is 4.99 Å². The Bertz CT molecular complexity index is 1210. The first kappa shape index (κ1) is 19.3. The molecule has 0 radical (unpaired) electrons. The summed E-state index contributed by atoms with van der Waals surface area (Å²) in [7, 11) is 0. The first-order valence-electron chi connectivity index (χ1n) is 10.7. The Balaban J connectivity index is 1.23. The van der Waals surface area contributed by atoms with Crippen molar-refractivity contribution in [3.8, 4) is 0 Å². The highest BCUT2D eigenvalue weighted by Gasteiger charge is 2.20. The highest BCUT2D eigenvalue weighted by Crippen LogP contribution is 2.23. The summed E-state index contributed by atoms with van der Waals surface area (Å²) >= 11 is 0. The highest BCUT2D eigenvalue weighted by atomic mass is 16.2. The molecule has 5 rings (SSSR count). The van der Waals surface area contributed by atoms with E-state index in [9.17, 15) is 9.59 Å². The number of nitrogens with one attached hydrogen (secondary N) is 2. The van der Waals surface area contributed by atoms with E-state index < -0.39 is 0 Å². The van der Waals surface area contributed by atoms with E-state index >= 15 is 0 Å². The minimum Gasteiger partial charge on any atom is -0.349 e. The standard InChI is InChI=1S/C25H24N4O2/c30-24(19-10-9-18-13-23-25(31)26-11-12-29(23)22(18)14-19)28-21-15-20(27-16-21)8-4-7-17-5-2-1-3-6-17/h1-3,5-6,9-10,13-16,20H,4,7-8,11-12H2,(H,26,31)(H,28,30). The highest BCUT2D eigenvalue weighted by molar-refractivity contribution is 6.04. The molecule has 6 nitrogen and oxygen atoms in total. The number of aryl methyl sites for hydroxylation is 1. The van der Waals surface area contributed by atoms with Crippen LogP contribution in [0.25, 0.3) is 10.9 Å². The van der Waals surface area contributed by atoms with Crippen LogP contribution in [-0.4, -0.2) is 35.2 Å². The second-order valence-corrected chi connectivity index (χ2v) is 8.01. The zero-order valence-electron chi connectivity index (χ0n) is 17.2. The van der Waals surface area contributed by atoms with Gasteiger partial charge in [-0.1, -0.05) is 36.4 Å². The fourth-order valence-electron chi connectivity index (χ4n) is 4.26. The SMILES string of the molecule is O=C(NC1=CC(CCCc2ccccc2)N=C1)c1ccc2cc3n(c2c1)CCNC3=O. The largest absolute Gasteiger partial charge is 0.349 e. The van der Waals surface area contributed by atoms with Gasteiger partial charge < -0.3 is 15.2 Å². The number of fused-ring (bicyclic) bond motifs is 3. The number of aromatic nitrogens is 1. The van der Waals surface area contributed by atoms with Crippen LogP contribution in [0.5, 0.6) is 0 Å². The third-order valence-corrected chi connectivity index (χ3v) is 5.86. The van der Waals surface area contributed by atoms with Gasteiger partial charge in [-0.25, -0.2) is 0 Å². The fourth-order valence-corrected chi connectivity index (χ4v) is 4.26. The summed E-state index contributed by atoms with van der Waals surface area (Å²) in [6.07, 6.45) is 6.79. The molecule has 31 heavy (non-hydrogen) atoms. The van der Waals surface area contributed by atoms with E-state index in [4.69, 9.17) is 0 Å². The molecule has 2 aliphatic heterocycles. The maximum absolute atomic E-state index is 12.8. The number of hydrogen-bond acceptors (Lipinski definition) is 3. The second-order valence-electron chi connectivity index (χ2n) is 8.01. The predicted molar refractivity (Wildman–Crippen MR) is 121 cm³/mol. The van der Waals surface area contributed by atoms with Crippen molar-refractivity contribution in [1.29, 1.82) is 0 Å². The third-order valence-electron chi connectivity index (χ3n) is 5.86. The number of nitrogens with zero attached hydrogens (tertiary/aromatic N) is 2. The van der Waals surface area contributed by atoms with Crippen molar-refractivity contribution < 1.29 is 9.59 Å². The van der Waals surface area contributed by atoms with Gasteiger partial charge in [-0.15, -0.1) is 0 Å². The molecule has 2 N–H and O–H groups in total. The van der Waals surface area contributed by atoms with Crippen molar-refractivity contribution in [2.75, 3.05) is 6.54 Å². The number of carbonyl (C=O) groups is 2. The van der Waals surface area contributed by atoms with Crippen molar-refractivity contribution in [3.63, 3.8) is 0 Å². The zero-order valence-corrected chi connectivity index (χ0v) is 17.2. The van der Waals surface area contributed by atoms with Gasteiger partial charge in [0.05, 0.1) is 11.7 Å². The molecule has 6 heteroatoms. The van der Waals surface area contributed by atoms with E-state index in [1.165, 1.54) is 5.56 Å². The van der Waals surface area contributed by atoms with E-state index in [2.05, 4.69) is 39.9 Å². The molecule has 0 fully saturated rings. The third kappa shape index (κ3) is 4.01. The maximum atomic E-state index is 12.8. The summed E-state index contributed by atoms with van der Waals surface area (Å²) in [5.41, 5.74) is 4.20. The normalized spacial score (nSPS) is 17.4. The Morgan fingerprint density at radius 3 is 2.90 bits per heavy atom. The van der Waals surface area contributed by atoms with Crippen LogP contribution in [0.15, 0.2) is 71.4 Å². The lowest BCUT2D eigenvalue weighted by Gasteiger charge is -2.16. The van der Waals surface area contributed by atoms with Gasteiger partial charge in [0, 0.05) is 35.8 Å². The Labute approximate surface area is 180 Å². The monoisotopic (exact) mass is 412 g/mol. The second kappa shape index (κ2) is 8.22. The smallest absolute Gasteiger partial charge is 0.268 e. The molecule has 0 saturated carbocycles. The first-order valence-corrected chi connectivity index (χ1v) is 10.7. The van der Waals surface area contributed by atoms with Gasteiger partial charge in [0.2, 0.25) is 0 Å². The molecule has 0 spiro atoms. The number of benzene rings is 2. The molecule has 2 aromatic carbocycles. The number of rotatable bonds is 6. The van der Waals surface area contributed by atoms with Crippen LogP contribution in [0.2, 0.25) is 0 Å². The molecule has 0 bridgehead atoms. The van der Waals surface area contributed by atoms with E-state index in [1.807, 2.05) is 34.9 Å². The Morgan fingerprint density at radius 1 is 1.16 bits per heavy atom. The lowest BCUT2D eigenvalue weighted by Crippen LogP contribution is -2.34. The van der Waals surface area contributed by atoms with Crippen LogP contribution in [0.4, 0.5) is 0 Å². The Morgan fingerprint density at radius 2 is 2.03 bits per heavy atom. The minimum atomic E-state index is -0.166. The van der Waals surface area contributed by atoms with Gasteiger partial charge in [-0.3, -0.25) is 14.6 Å². The minimum absolute atomic E-state index is 0.0703. The summed E-state index contributed by atoms with van der Waals surface area (Å²) < 4.78 is 1.98. The first-order chi connectivity index (χ1) is 15.2. The Hall–Kier alpha value is -3.67. The Kier molecular flexibility index (Phi) is 5.12. The molecule has 1 aromatic heterocycles. The quantitative estimate of drug-likeness (QED) is 0.650. The molecular formula is C25H24N4O2. The predicted octanol–water partition coefficient (Wildman–Crippen LogP) is 3.47. The number of allylic oxidation sites excluding steroid dienone is 1. The topological polar surface area (TPSA) is 75.5 Å². The molecule has 0 saturated heterocycles. The van der Waals surface area contributed by atoms with Gasteiger partial charge in [0.25, 0.3) is 11.8 Å². The summed E-state index contributed by atoms with van der Waals surface area (Å²) in [6, 6.07) is 18.0. The fraction of sp³-hybridized carbons (Fsp3) is 0.240. The van der Waals surface area contributed by atoms with Gasteiger partial charge in [0.1, 0.15) is 5.69 Å². The van der Waals surface area contributed by atoms with Crippen molar-refractivity contribution >= 4 is 28.9 Å². The molecule has 3 heterocycles. The number of hydrogen-bond donors (Lipinski definition) is 2. The maximum Gasteiger partial charge on any atom is 0.268 e. The van der Waals surface area contributed by atoms with Crippen LogP contribution in [0.1, 0.15) is 39.3 Å². The molecule has 1 unspecified atom stereocenters. The zero-order chi connectivity index (χ0) is 21.2. The number of amides is 2. The number of carbonyl (C=O) groups excluding carboxylic acids is 2. The summed E-state index contributed by atoms with van der Waals surface area (Å²) in [5, 5.41) is 6.78. The molecule has 156 valence electrons. The average Bonchev–Trinajstić information content (AvgIpc) is 3.39. The lowest BCUT2D eigenvalue weighted by atomic mass is 10.1. The van der Waals surface area contributed by atoms with Crippen LogP contribution in [0.3, 0.4) is 0 Å². The van der Waals surface area contributed by atoms with Crippen molar-refractivity contribution in [2.45, 2.75) is 31.8 Å². The van der Waals surface area contributed by atoms with Crippen LogP contribution < -0.4 is 10.6 Å².